The first-order valence-corrected chi connectivity index (χ1v) is 8.37. The molecule has 26 heavy (non-hydrogen) atoms. The Balaban J connectivity index is 2.41. The smallest absolute Gasteiger partial charge is 0.326 e. The molecule has 0 radical (unpaired) electrons. The summed E-state index contributed by atoms with van der Waals surface area (Å²) in [5.74, 6) is -2.24. The lowest BCUT2D eigenvalue weighted by Gasteiger charge is -2.29. The van der Waals surface area contributed by atoms with Gasteiger partial charge in [0.05, 0.1) is 4.90 Å². The number of likely N-dealkylation sites (N-methyl/N-ethyl adjacent to an activating group) is 1. The fourth-order valence-electron chi connectivity index (χ4n) is 2.14. The third kappa shape index (κ3) is 3.35. The first-order valence-electron chi connectivity index (χ1n) is 6.89. The molecule has 9 nitrogen and oxygen atoms in total. The molecule has 1 heterocycles. The summed E-state index contributed by atoms with van der Waals surface area (Å²) in [5, 5.41) is 3.69. The topological polar surface area (TPSA) is 125 Å². The number of carbonyl (C=O) groups is 3. The Labute approximate surface area is 145 Å². The van der Waals surface area contributed by atoms with E-state index in [9.17, 15) is 36.0 Å². The van der Waals surface area contributed by atoms with Gasteiger partial charge in [0, 0.05) is 19.7 Å². The minimum Gasteiger partial charge on any atom is -0.326 e. The van der Waals surface area contributed by atoms with Crippen LogP contribution in [0.25, 0.3) is 0 Å². The van der Waals surface area contributed by atoms with Crippen molar-refractivity contribution >= 4 is 33.6 Å². The van der Waals surface area contributed by atoms with Crippen LogP contribution in [0.2, 0.25) is 0 Å². The molecule has 1 fully saturated rings. The standard InChI is InChI=1S/C13H13F3N4O5S/c1-7(21)17-8-3-5-9(6-4-8)26(24,25)19-12(13(14,15)16)10(22)20(2)11(23)18-12/h3-6,19H,1-2H3,(H,17,21)(H,18,23)/t12-/m1/s1. The average molecular weight is 394 g/mol. The third-order valence-electron chi connectivity index (χ3n) is 3.42. The van der Waals surface area contributed by atoms with E-state index in [2.05, 4.69) is 5.32 Å². The number of rotatable bonds is 4. The SMILES string of the molecule is CC(=O)Nc1ccc(S(=O)(=O)N[C@]2(C(F)(F)F)NC(=O)N(C)C2=O)cc1. The van der Waals surface area contributed by atoms with Crippen LogP contribution in [-0.2, 0) is 19.6 Å². The molecule has 1 aliphatic heterocycles. The van der Waals surface area contributed by atoms with Crippen LogP contribution < -0.4 is 15.4 Å². The van der Waals surface area contributed by atoms with Gasteiger partial charge < -0.3 is 10.6 Å². The minimum absolute atomic E-state index is 0.121. The molecule has 0 bridgehead atoms. The summed E-state index contributed by atoms with van der Waals surface area (Å²) < 4.78 is 66.1. The zero-order valence-corrected chi connectivity index (χ0v) is 14.2. The van der Waals surface area contributed by atoms with Crippen LogP contribution >= 0.6 is 0 Å². The second-order valence-corrected chi connectivity index (χ2v) is 7.04. The number of amides is 4. The lowest BCUT2D eigenvalue weighted by molar-refractivity contribution is -0.197. The first kappa shape index (κ1) is 19.7. The van der Waals surface area contributed by atoms with E-state index in [4.69, 9.17) is 0 Å². The van der Waals surface area contributed by atoms with E-state index in [-0.39, 0.29) is 10.6 Å². The number of anilines is 1. The number of alkyl halides is 3. The Morgan fingerprint density at radius 1 is 1.19 bits per heavy atom. The lowest BCUT2D eigenvalue weighted by Crippen LogP contribution is -2.69. The van der Waals surface area contributed by atoms with Gasteiger partial charge in [-0.2, -0.15) is 17.9 Å². The molecule has 0 unspecified atom stereocenters. The number of halogens is 3. The molecule has 1 aromatic carbocycles. The molecule has 1 atom stereocenters. The maximum absolute atomic E-state index is 13.4. The second-order valence-electron chi connectivity index (χ2n) is 5.35. The number of hydrogen-bond donors (Lipinski definition) is 3. The summed E-state index contributed by atoms with van der Waals surface area (Å²) in [6.07, 6.45) is -5.44. The van der Waals surface area contributed by atoms with Crippen molar-refractivity contribution in [3.05, 3.63) is 24.3 Å². The van der Waals surface area contributed by atoms with Gasteiger partial charge in [-0.25, -0.2) is 13.2 Å². The van der Waals surface area contributed by atoms with Gasteiger partial charge in [-0.3, -0.25) is 14.5 Å². The van der Waals surface area contributed by atoms with E-state index in [0.29, 0.717) is 0 Å². The highest BCUT2D eigenvalue weighted by Crippen LogP contribution is 2.34. The molecule has 0 aliphatic carbocycles. The van der Waals surface area contributed by atoms with Crippen molar-refractivity contribution in [1.29, 1.82) is 0 Å². The second kappa shape index (κ2) is 6.25. The van der Waals surface area contributed by atoms with Crippen molar-refractivity contribution in [1.82, 2.24) is 14.9 Å². The average Bonchev–Trinajstić information content (AvgIpc) is 2.71. The number of sulfonamides is 1. The molecule has 142 valence electrons. The van der Waals surface area contributed by atoms with Crippen LogP contribution in [0.1, 0.15) is 6.92 Å². The van der Waals surface area contributed by atoms with Crippen LogP contribution in [0.4, 0.5) is 23.7 Å². The van der Waals surface area contributed by atoms with E-state index < -0.39 is 44.6 Å². The molecule has 1 aromatic rings. The van der Waals surface area contributed by atoms with Crippen LogP contribution in [-0.4, -0.2) is 50.1 Å². The van der Waals surface area contributed by atoms with Gasteiger partial charge in [0.15, 0.2) is 0 Å². The Kier molecular flexibility index (Phi) is 4.72. The fourth-order valence-corrected chi connectivity index (χ4v) is 3.41. The first-order chi connectivity index (χ1) is 11.8. The molecule has 4 amide bonds. The highest BCUT2D eigenvalue weighted by molar-refractivity contribution is 7.89. The van der Waals surface area contributed by atoms with Gasteiger partial charge in [-0.15, -0.1) is 0 Å². The van der Waals surface area contributed by atoms with Crippen molar-refractivity contribution in [2.45, 2.75) is 23.7 Å². The molecule has 1 saturated heterocycles. The van der Waals surface area contributed by atoms with Gasteiger partial charge >= 0.3 is 12.2 Å². The zero-order valence-electron chi connectivity index (χ0n) is 13.3. The van der Waals surface area contributed by atoms with Crippen molar-refractivity contribution in [3.63, 3.8) is 0 Å². The number of imide groups is 1. The monoisotopic (exact) mass is 394 g/mol. The van der Waals surface area contributed by atoms with E-state index in [1.807, 2.05) is 0 Å². The molecular weight excluding hydrogens is 381 g/mol. The van der Waals surface area contributed by atoms with E-state index in [1.165, 1.54) is 17.0 Å². The number of benzene rings is 1. The molecule has 0 saturated carbocycles. The molecule has 3 N–H and O–H groups in total. The van der Waals surface area contributed by atoms with Crippen molar-refractivity contribution < 1.29 is 36.0 Å². The number of nitrogens with zero attached hydrogens (tertiary/aromatic N) is 1. The Morgan fingerprint density at radius 2 is 1.73 bits per heavy atom. The predicted octanol–water partition coefficient (Wildman–Crippen LogP) is 0.363. The fraction of sp³-hybridized carbons (Fsp3) is 0.308. The third-order valence-corrected chi connectivity index (χ3v) is 4.89. The van der Waals surface area contributed by atoms with Crippen molar-refractivity contribution in [3.8, 4) is 0 Å². The Hall–Kier alpha value is -2.67. The van der Waals surface area contributed by atoms with E-state index in [1.54, 1.807) is 0 Å². The summed E-state index contributed by atoms with van der Waals surface area (Å²) in [7, 11) is -4.08. The molecular formula is C13H13F3N4O5S. The van der Waals surface area contributed by atoms with Gasteiger partial charge in [0.2, 0.25) is 15.9 Å². The van der Waals surface area contributed by atoms with Gasteiger partial charge in [-0.1, -0.05) is 0 Å². The summed E-state index contributed by atoms with van der Waals surface area (Å²) in [4.78, 5) is 33.8. The predicted molar refractivity (Wildman–Crippen MR) is 81.2 cm³/mol. The zero-order chi connectivity index (χ0) is 19.9. The number of urea groups is 1. The molecule has 1 aliphatic rings. The van der Waals surface area contributed by atoms with Gasteiger partial charge in [-0.05, 0) is 24.3 Å². The highest BCUT2D eigenvalue weighted by Gasteiger charge is 2.69. The maximum atomic E-state index is 13.4. The van der Waals surface area contributed by atoms with Gasteiger partial charge in [0.25, 0.3) is 11.6 Å². The summed E-state index contributed by atoms with van der Waals surface area (Å²) in [6.45, 7) is 1.21. The van der Waals surface area contributed by atoms with Crippen molar-refractivity contribution in [2.75, 3.05) is 12.4 Å². The number of nitrogens with one attached hydrogen (secondary N) is 3. The van der Waals surface area contributed by atoms with Crippen molar-refractivity contribution in [2.24, 2.45) is 0 Å². The summed E-state index contributed by atoms with van der Waals surface area (Å²) in [5.41, 5.74) is -3.60. The Morgan fingerprint density at radius 3 is 2.12 bits per heavy atom. The van der Waals surface area contributed by atoms with Crippen LogP contribution in [0.3, 0.4) is 0 Å². The van der Waals surface area contributed by atoms with E-state index >= 15 is 0 Å². The normalized spacial score (nSPS) is 20.9. The molecule has 0 spiro atoms. The van der Waals surface area contributed by atoms with E-state index in [0.717, 1.165) is 31.3 Å². The number of hydrogen-bond acceptors (Lipinski definition) is 5. The minimum atomic E-state index is -5.44. The summed E-state index contributed by atoms with van der Waals surface area (Å²) >= 11 is 0. The van der Waals surface area contributed by atoms with Crippen LogP contribution in [0, 0.1) is 0 Å². The maximum Gasteiger partial charge on any atom is 0.435 e. The highest BCUT2D eigenvalue weighted by atomic mass is 32.2. The largest absolute Gasteiger partial charge is 0.435 e. The Bertz CT molecular complexity index is 869. The molecule has 2 rings (SSSR count). The molecule has 0 aromatic heterocycles. The summed E-state index contributed by atoms with van der Waals surface area (Å²) in [6, 6.07) is 2.76. The van der Waals surface area contributed by atoms with Gasteiger partial charge in [0.1, 0.15) is 0 Å². The number of carbonyl (C=O) groups excluding carboxylic acids is 3. The quantitative estimate of drug-likeness (QED) is 0.636. The van der Waals surface area contributed by atoms with Crippen LogP contribution in [0.15, 0.2) is 29.2 Å². The van der Waals surface area contributed by atoms with Crippen LogP contribution in [0.5, 0.6) is 0 Å². The molecule has 13 heteroatoms. The lowest BCUT2D eigenvalue weighted by atomic mass is 10.2.